The molecule has 1 aliphatic rings. The smallest absolute Gasteiger partial charge is 0.269 e. The molecule has 2 rings (SSSR count). The van der Waals surface area contributed by atoms with E-state index in [0.717, 1.165) is 0 Å². The number of rotatable bonds is 4. The number of nitro benzene ring substituents is 1. The highest BCUT2D eigenvalue weighted by Crippen LogP contribution is 2.19. The van der Waals surface area contributed by atoms with Crippen molar-refractivity contribution in [3.05, 3.63) is 39.9 Å². The molecule has 21 heavy (non-hydrogen) atoms. The van der Waals surface area contributed by atoms with Gasteiger partial charge in [0.1, 0.15) is 6.04 Å². The molecular weight excluding hydrogens is 298 g/mol. The minimum absolute atomic E-state index is 0. The largest absolute Gasteiger partial charge is 0.378 e. The number of nitrogens with one attached hydrogen (secondary N) is 2. The Morgan fingerprint density at radius 2 is 2.33 bits per heavy atom. The third-order valence-corrected chi connectivity index (χ3v) is 3.18. The first-order valence-corrected chi connectivity index (χ1v) is 6.44. The molecule has 1 fully saturated rings. The van der Waals surface area contributed by atoms with E-state index in [-0.39, 0.29) is 36.1 Å². The molecule has 1 saturated heterocycles. The van der Waals surface area contributed by atoms with Crippen molar-refractivity contribution in [2.75, 3.05) is 19.8 Å². The van der Waals surface area contributed by atoms with Crippen LogP contribution in [0.3, 0.4) is 0 Å². The van der Waals surface area contributed by atoms with Crippen LogP contribution in [0.15, 0.2) is 24.3 Å². The van der Waals surface area contributed by atoms with Crippen molar-refractivity contribution in [2.24, 2.45) is 0 Å². The maximum absolute atomic E-state index is 12.0. The van der Waals surface area contributed by atoms with Crippen LogP contribution in [0.5, 0.6) is 0 Å². The predicted octanol–water partition coefficient (Wildman–Crippen LogP) is 1.18. The van der Waals surface area contributed by atoms with E-state index >= 15 is 0 Å². The number of amides is 1. The number of carbonyl (C=O) groups excluding carboxylic acids is 1. The first-order chi connectivity index (χ1) is 9.58. The number of nitrogens with zero attached hydrogens (tertiary/aromatic N) is 1. The van der Waals surface area contributed by atoms with Gasteiger partial charge in [-0.05, 0) is 12.5 Å². The Bertz CT molecular complexity index is 506. The van der Waals surface area contributed by atoms with Crippen LogP contribution in [0.4, 0.5) is 5.69 Å². The van der Waals surface area contributed by atoms with Crippen LogP contribution in [-0.2, 0) is 9.53 Å². The molecule has 7 nitrogen and oxygen atoms in total. The quantitative estimate of drug-likeness (QED) is 0.643. The Morgan fingerprint density at radius 1 is 1.57 bits per heavy atom. The zero-order chi connectivity index (χ0) is 14.5. The highest BCUT2D eigenvalue weighted by atomic mass is 35.5. The summed E-state index contributed by atoms with van der Waals surface area (Å²) >= 11 is 0. The maximum atomic E-state index is 12.0. The lowest BCUT2D eigenvalue weighted by atomic mass is 10.1. The summed E-state index contributed by atoms with van der Waals surface area (Å²) in [6.07, 6.45) is 0. The van der Waals surface area contributed by atoms with Crippen LogP contribution in [0.2, 0.25) is 0 Å². The van der Waals surface area contributed by atoms with Gasteiger partial charge in [0.15, 0.2) is 0 Å². The van der Waals surface area contributed by atoms with Gasteiger partial charge in [-0.25, -0.2) is 0 Å². The van der Waals surface area contributed by atoms with E-state index in [1.807, 2.05) is 0 Å². The second-order valence-electron chi connectivity index (χ2n) is 4.66. The summed E-state index contributed by atoms with van der Waals surface area (Å²) in [4.78, 5) is 22.3. The van der Waals surface area contributed by atoms with Gasteiger partial charge in [0.25, 0.3) is 5.69 Å². The molecule has 116 valence electrons. The molecule has 0 bridgehead atoms. The second-order valence-corrected chi connectivity index (χ2v) is 4.66. The van der Waals surface area contributed by atoms with Crippen LogP contribution in [0, 0.1) is 10.1 Å². The number of carbonyl (C=O) groups is 1. The van der Waals surface area contributed by atoms with Gasteiger partial charge in [0.05, 0.1) is 24.2 Å². The topological polar surface area (TPSA) is 93.5 Å². The molecule has 2 N–H and O–H groups in total. The molecule has 1 heterocycles. The van der Waals surface area contributed by atoms with Gasteiger partial charge >= 0.3 is 0 Å². The Labute approximate surface area is 128 Å². The number of ether oxygens (including phenoxy) is 1. The molecule has 2 atom stereocenters. The molecule has 0 aromatic heterocycles. The number of hydrogen-bond acceptors (Lipinski definition) is 5. The van der Waals surface area contributed by atoms with Crippen molar-refractivity contribution in [3.8, 4) is 0 Å². The van der Waals surface area contributed by atoms with E-state index in [0.29, 0.717) is 25.3 Å². The number of hydrogen-bond donors (Lipinski definition) is 2. The van der Waals surface area contributed by atoms with Gasteiger partial charge in [-0.2, -0.15) is 0 Å². The lowest BCUT2D eigenvalue weighted by Crippen LogP contribution is -2.51. The van der Waals surface area contributed by atoms with Crippen molar-refractivity contribution in [1.82, 2.24) is 10.6 Å². The summed E-state index contributed by atoms with van der Waals surface area (Å²) in [6, 6.07) is 5.58. The molecule has 1 amide bonds. The van der Waals surface area contributed by atoms with E-state index in [1.54, 1.807) is 19.1 Å². The summed E-state index contributed by atoms with van der Waals surface area (Å²) in [7, 11) is 0. The molecule has 1 aromatic carbocycles. The third kappa shape index (κ3) is 4.66. The van der Waals surface area contributed by atoms with E-state index < -0.39 is 4.92 Å². The number of non-ortho nitro benzene ring substituents is 1. The van der Waals surface area contributed by atoms with E-state index in [4.69, 9.17) is 4.74 Å². The first kappa shape index (κ1) is 17.4. The SMILES string of the molecule is CC(NC(=O)C1COCCN1)c1cccc([N+](=O)[O-])c1.Cl. The van der Waals surface area contributed by atoms with Gasteiger partial charge in [-0.15, -0.1) is 12.4 Å². The van der Waals surface area contributed by atoms with E-state index in [9.17, 15) is 14.9 Å². The van der Waals surface area contributed by atoms with Crippen LogP contribution in [-0.4, -0.2) is 36.6 Å². The molecular formula is C13H18ClN3O4. The second kappa shape index (κ2) is 7.92. The van der Waals surface area contributed by atoms with Crippen molar-refractivity contribution < 1.29 is 14.5 Å². The van der Waals surface area contributed by atoms with Crippen molar-refractivity contribution in [2.45, 2.75) is 19.0 Å². The molecule has 0 spiro atoms. The Hall–Kier alpha value is -1.70. The van der Waals surface area contributed by atoms with E-state index in [2.05, 4.69) is 10.6 Å². The average molecular weight is 316 g/mol. The predicted molar refractivity (Wildman–Crippen MR) is 79.5 cm³/mol. The first-order valence-electron chi connectivity index (χ1n) is 6.44. The molecule has 0 saturated carbocycles. The van der Waals surface area contributed by atoms with Crippen LogP contribution in [0.25, 0.3) is 0 Å². The number of nitro groups is 1. The third-order valence-electron chi connectivity index (χ3n) is 3.18. The fourth-order valence-corrected chi connectivity index (χ4v) is 2.04. The van der Waals surface area contributed by atoms with Gasteiger partial charge in [-0.3, -0.25) is 14.9 Å². The van der Waals surface area contributed by atoms with Crippen molar-refractivity contribution >= 4 is 24.0 Å². The summed E-state index contributed by atoms with van der Waals surface area (Å²) in [6.45, 7) is 3.38. The summed E-state index contributed by atoms with van der Waals surface area (Å²) in [5.74, 6) is -0.163. The Morgan fingerprint density at radius 3 is 2.95 bits per heavy atom. The molecule has 0 radical (unpaired) electrons. The Balaban J connectivity index is 0.00000220. The monoisotopic (exact) mass is 315 g/mol. The fraction of sp³-hybridized carbons (Fsp3) is 0.462. The number of halogens is 1. The molecule has 8 heteroatoms. The van der Waals surface area contributed by atoms with Crippen LogP contribution >= 0.6 is 12.4 Å². The molecule has 2 unspecified atom stereocenters. The highest BCUT2D eigenvalue weighted by molar-refractivity contribution is 5.85. The van der Waals surface area contributed by atoms with Gasteiger partial charge in [0.2, 0.25) is 5.91 Å². The lowest BCUT2D eigenvalue weighted by molar-refractivity contribution is -0.384. The molecule has 0 aliphatic carbocycles. The van der Waals surface area contributed by atoms with Gasteiger partial charge in [-0.1, -0.05) is 12.1 Å². The molecule has 1 aromatic rings. The highest BCUT2D eigenvalue weighted by Gasteiger charge is 2.23. The normalized spacial score (nSPS) is 19.2. The van der Waals surface area contributed by atoms with Crippen LogP contribution < -0.4 is 10.6 Å². The molecule has 1 aliphatic heterocycles. The summed E-state index contributed by atoms with van der Waals surface area (Å²) in [5.41, 5.74) is 0.715. The number of benzene rings is 1. The zero-order valence-corrected chi connectivity index (χ0v) is 12.4. The average Bonchev–Trinajstić information content (AvgIpc) is 2.48. The van der Waals surface area contributed by atoms with Gasteiger partial charge in [0, 0.05) is 18.7 Å². The van der Waals surface area contributed by atoms with Crippen molar-refractivity contribution in [3.63, 3.8) is 0 Å². The fourth-order valence-electron chi connectivity index (χ4n) is 2.04. The summed E-state index contributed by atoms with van der Waals surface area (Å²) < 4.78 is 5.23. The minimum Gasteiger partial charge on any atom is -0.378 e. The lowest BCUT2D eigenvalue weighted by Gasteiger charge is -2.24. The standard InChI is InChI=1S/C13H17N3O4.ClH/c1-9(10-3-2-4-11(7-10)16(18)19)15-13(17)12-8-20-6-5-14-12;/h2-4,7,9,12,14H,5-6,8H2,1H3,(H,15,17);1H. The minimum atomic E-state index is -0.450. The van der Waals surface area contributed by atoms with Crippen molar-refractivity contribution in [1.29, 1.82) is 0 Å². The number of morpholine rings is 1. The van der Waals surface area contributed by atoms with Gasteiger partial charge < -0.3 is 15.4 Å². The zero-order valence-electron chi connectivity index (χ0n) is 11.6. The van der Waals surface area contributed by atoms with Crippen LogP contribution in [0.1, 0.15) is 18.5 Å². The Kier molecular flexibility index (Phi) is 6.54. The van der Waals surface area contributed by atoms with E-state index in [1.165, 1.54) is 12.1 Å². The maximum Gasteiger partial charge on any atom is 0.269 e. The summed E-state index contributed by atoms with van der Waals surface area (Å²) in [5, 5.41) is 16.6.